The summed E-state index contributed by atoms with van der Waals surface area (Å²) >= 11 is 1.42. The van der Waals surface area contributed by atoms with E-state index < -0.39 is 5.97 Å². The molecule has 1 saturated heterocycles. The molecule has 0 bridgehead atoms. The molecule has 166 valence electrons. The molecular weight excluding hydrogens is 426 g/mol. The topological polar surface area (TPSA) is 82.7 Å². The monoisotopic (exact) mass is 451 g/mol. The maximum atomic E-state index is 12.6. The quantitative estimate of drug-likeness (QED) is 0.618. The minimum Gasteiger partial charge on any atom is -0.452 e. The van der Waals surface area contributed by atoms with E-state index >= 15 is 0 Å². The Labute approximate surface area is 190 Å². The average Bonchev–Trinajstić information content (AvgIpc) is 3.50. The Morgan fingerprint density at radius 3 is 2.56 bits per heavy atom. The first kappa shape index (κ1) is 20.8. The first-order chi connectivity index (χ1) is 15.6. The van der Waals surface area contributed by atoms with E-state index in [1.165, 1.54) is 29.0 Å². The Morgan fingerprint density at radius 1 is 1.00 bits per heavy atom. The van der Waals surface area contributed by atoms with Crippen LogP contribution < -0.4 is 0 Å². The Hall–Kier alpha value is -3.13. The number of piperazine rings is 1. The number of amides is 2. The zero-order chi connectivity index (χ0) is 22.1. The first-order valence-electron chi connectivity index (χ1n) is 11.0. The number of aromatic nitrogens is 1. The lowest BCUT2D eigenvalue weighted by atomic mass is 9.95. The Balaban J connectivity index is 1.16. The van der Waals surface area contributed by atoms with Gasteiger partial charge in [-0.3, -0.25) is 9.59 Å². The minimum atomic E-state index is -0.488. The van der Waals surface area contributed by atoms with Crippen molar-refractivity contribution in [1.82, 2.24) is 14.8 Å². The molecule has 1 aromatic carbocycles. The van der Waals surface area contributed by atoms with Crippen LogP contribution in [0.2, 0.25) is 0 Å². The molecule has 2 amide bonds. The van der Waals surface area contributed by atoms with Gasteiger partial charge in [-0.25, -0.2) is 4.79 Å². The Morgan fingerprint density at radius 2 is 1.78 bits per heavy atom. The zero-order valence-corrected chi connectivity index (χ0v) is 18.6. The number of thiophene rings is 1. The number of nitrogens with zero attached hydrogens (tertiary/aromatic N) is 2. The van der Waals surface area contributed by atoms with Crippen LogP contribution in [0.15, 0.2) is 35.7 Å². The van der Waals surface area contributed by atoms with Crippen molar-refractivity contribution < 1.29 is 19.1 Å². The summed E-state index contributed by atoms with van der Waals surface area (Å²) < 4.78 is 5.33. The second kappa shape index (κ2) is 8.78. The summed E-state index contributed by atoms with van der Waals surface area (Å²) in [6, 6.07) is 9.19. The summed E-state index contributed by atoms with van der Waals surface area (Å²) in [6.45, 7) is 1.54. The van der Waals surface area contributed by atoms with Gasteiger partial charge >= 0.3 is 5.97 Å². The van der Waals surface area contributed by atoms with Crippen LogP contribution in [0, 0.1) is 0 Å². The number of nitrogens with one attached hydrogen (secondary N) is 1. The van der Waals surface area contributed by atoms with Gasteiger partial charge in [0.15, 0.2) is 6.61 Å². The third-order valence-electron chi connectivity index (χ3n) is 6.31. The van der Waals surface area contributed by atoms with E-state index in [0.29, 0.717) is 36.6 Å². The molecule has 3 aromatic rings. The van der Waals surface area contributed by atoms with Gasteiger partial charge in [0.05, 0.1) is 10.4 Å². The third-order valence-corrected chi connectivity index (χ3v) is 7.17. The lowest BCUT2D eigenvalue weighted by molar-refractivity contribution is -0.136. The van der Waals surface area contributed by atoms with Gasteiger partial charge in [0, 0.05) is 42.8 Å². The van der Waals surface area contributed by atoms with Crippen LogP contribution in [0.25, 0.3) is 10.9 Å². The number of H-pyrrole nitrogens is 1. The van der Waals surface area contributed by atoms with Crippen LogP contribution in [0.1, 0.15) is 44.1 Å². The molecule has 0 radical (unpaired) electrons. The minimum absolute atomic E-state index is 0.000800. The molecule has 3 heterocycles. The van der Waals surface area contributed by atoms with Crippen LogP contribution >= 0.6 is 11.3 Å². The number of carbonyl (C=O) groups is 3. The molecule has 8 heteroatoms. The lowest BCUT2D eigenvalue weighted by Gasteiger charge is -2.34. The summed E-state index contributed by atoms with van der Waals surface area (Å²) in [4.78, 5) is 45.1. The predicted molar refractivity (Wildman–Crippen MR) is 122 cm³/mol. The van der Waals surface area contributed by atoms with Crippen molar-refractivity contribution in [2.24, 2.45) is 0 Å². The molecule has 1 aliphatic heterocycles. The maximum Gasteiger partial charge on any atom is 0.338 e. The fourth-order valence-corrected chi connectivity index (χ4v) is 5.24. The Kier molecular flexibility index (Phi) is 5.70. The molecule has 5 rings (SSSR count). The first-order valence-corrected chi connectivity index (χ1v) is 11.9. The van der Waals surface area contributed by atoms with Gasteiger partial charge in [-0.15, -0.1) is 11.3 Å². The maximum absolute atomic E-state index is 12.6. The van der Waals surface area contributed by atoms with Crippen LogP contribution in [-0.2, 0) is 22.4 Å². The van der Waals surface area contributed by atoms with E-state index in [1.807, 2.05) is 29.6 Å². The smallest absolute Gasteiger partial charge is 0.338 e. The highest BCUT2D eigenvalue weighted by atomic mass is 32.1. The molecular formula is C24H25N3O4S. The molecule has 0 saturated carbocycles. The molecule has 32 heavy (non-hydrogen) atoms. The molecule has 1 fully saturated rings. The Bertz CT molecular complexity index is 1160. The summed E-state index contributed by atoms with van der Waals surface area (Å²) in [5.41, 5.74) is 4.07. The molecule has 1 N–H and O–H groups in total. The van der Waals surface area contributed by atoms with Crippen molar-refractivity contribution in [1.29, 1.82) is 0 Å². The van der Waals surface area contributed by atoms with Crippen LogP contribution in [0.5, 0.6) is 0 Å². The number of fused-ring (bicyclic) bond motifs is 3. The number of hydrogen-bond donors (Lipinski definition) is 1. The van der Waals surface area contributed by atoms with Crippen molar-refractivity contribution in [3.05, 3.63) is 57.4 Å². The van der Waals surface area contributed by atoms with E-state index in [-0.39, 0.29) is 18.4 Å². The largest absolute Gasteiger partial charge is 0.452 e. The second-order valence-electron chi connectivity index (χ2n) is 8.28. The van der Waals surface area contributed by atoms with Crippen LogP contribution in [0.3, 0.4) is 0 Å². The van der Waals surface area contributed by atoms with E-state index in [9.17, 15) is 14.4 Å². The predicted octanol–water partition coefficient (Wildman–Crippen LogP) is 3.25. The highest BCUT2D eigenvalue weighted by molar-refractivity contribution is 7.12. The summed E-state index contributed by atoms with van der Waals surface area (Å²) in [7, 11) is 0. The molecule has 7 nitrogen and oxygen atoms in total. The van der Waals surface area contributed by atoms with Crippen molar-refractivity contribution in [2.45, 2.75) is 25.7 Å². The number of aryl methyl sites for hydroxylation is 2. The lowest BCUT2D eigenvalue weighted by Crippen LogP contribution is -2.51. The van der Waals surface area contributed by atoms with Crippen molar-refractivity contribution in [3.8, 4) is 0 Å². The second-order valence-corrected chi connectivity index (χ2v) is 9.22. The third kappa shape index (κ3) is 4.02. The van der Waals surface area contributed by atoms with Gasteiger partial charge in [-0.05, 0) is 60.9 Å². The van der Waals surface area contributed by atoms with Gasteiger partial charge in [0.2, 0.25) is 0 Å². The number of esters is 1. The van der Waals surface area contributed by atoms with Gasteiger partial charge in [0.25, 0.3) is 11.8 Å². The van der Waals surface area contributed by atoms with E-state index in [4.69, 9.17) is 4.74 Å². The number of rotatable bonds is 4. The van der Waals surface area contributed by atoms with E-state index in [1.54, 1.807) is 15.9 Å². The number of aromatic amines is 1. The van der Waals surface area contributed by atoms with Crippen molar-refractivity contribution in [3.63, 3.8) is 0 Å². The van der Waals surface area contributed by atoms with Crippen LogP contribution in [0.4, 0.5) is 0 Å². The normalized spacial score (nSPS) is 16.1. The fourth-order valence-electron chi connectivity index (χ4n) is 4.55. The number of hydrogen-bond acceptors (Lipinski definition) is 5. The van der Waals surface area contributed by atoms with Gasteiger partial charge in [-0.2, -0.15) is 0 Å². The summed E-state index contributed by atoms with van der Waals surface area (Å²) in [6.07, 6.45) is 4.42. The molecule has 0 atom stereocenters. The number of carbonyl (C=O) groups excluding carboxylic acids is 3. The number of benzene rings is 1. The van der Waals surface area contributed by atoms with Crippen LogP contribution in [-0.4, -0.2) is 65.4 Å². The standard InChI is InChI=1S/C24H25N3O4S/c28-22(26-9-11-27(12-10-26)23(29)21-6-3-13-32-21)15-31-24(30)16-7-8-20-18(14-16)17-4-1-2-5-19(17)25-20/h3,6-8,13-14,25H,1-2,4-5,9-12,15H2. The van der Waals surface area contributed by atoms with Gasteiger partial charge in [-0.1, -0.05) is 6.07 Å². The fraction of sp³-hybridized carbons (Fsp3) is 0.375. The summed E-state index contributed by atoms with van der Waals surface area (Å²) in [5.74, 6) is -0.722. The molecule has 2 aliphatic rings. The average molecular weight is 452 g/mol. The highest BCUT2D eigenvalue weighted by Crippen LogP contribution is 2.29. The molecule has 1 aliphatic carbocycles. The zero-order valence-electron chi connectivity index (χ0n) is 17.8. The van der Waals surface area contributed by atoms with E-state index in [0.717, 1.165) is 30.2 Å². The highest BCUT2D eigenvalue weighted by Gasteiger charge is 2.26. The molecule has 0 spiro atoms. The van der Waals surface area contributed by atoms with Crippen molar-refractivity contribution in [2.75, 3.05) is 32.8 Å². The molecule has 2 aromatic heterocycles. The summed E-state index contributed by atoms with van der Waals surface area (Å²) in [5, 5.41) is 2.95. The van der Waals surface area contributed by atoms with Crippen molar-refractivity contribution >= 4 is 40.0 Å². The van der Waals surface area contributed by atoms with Gasteiger partial charge in [0.1, 0.15) is 0 Å². The SMILES string of the molecule is O=C(OCC(=O)N1CCN(C(=O)c2cccs2)CC1)c1ccc2[nH]c3c(c2c1)CCCC3. The number of ether oxygens (including phenoxy) is 1. The van der Waals surface area contributed by atoms with Gasteiger partial charge < -0.3 is 19.5 Å². The molecule has 0 unspecified atom stereocenters. The van der Waals surface area contributed by atoms with E-state index in [2.05, 4.69) is 4.98 Å².